The molecule has 0 aliphatic rings. The summed E-state index contributed by atoms with van der Waals surface area (Å²) in [4.78, 5) is 53.1. The number of aryl methyl sites for hydroxylation is 2. The smallest absolute Gasteiger partial charge is 0.325 e. The van der Waals surface area contributed by atoms with Gasteiger partial charge in [0.2, 0.25) is 5.78 Å². The number of nitrogens with zero attached hydrogens (tertiary/aromatic N) is 3. The van der Waals surface area contributed by atoms with Gasteiger partial charge in [-0.2, -0.15) is 5.10 Å². The molecule has 0 aliphatic carbocycles. The molecule has 1 aromatic heterocycles. The number of phenols is 1. The van der Waals surface area contributed by atoms with Gasteiger partial charge in [-0.05, 0) is 67.6 Å². The van der Waals surface area contributed by atoms with E-state index in [1.54, 1.807) is 32.0 Å². The van der Waals surface area contributed by atoms with E-state index in [1.807, 2.05) is 26.0 Å². The largest absolute Gasteiger partial charge is 0.805 e. The van der Waals surface area contributed by atoms with Crippen LogP contribution in [0.25, 0.3) is 11.0 Å². The molecule has 216 valence electrons. The van der Waals surface area contributed by atoms with E-state index < -0.39 is 35.4 Å². The summed E-state index contributed by atoms with van der Waals surface area (Å²) in [6.45, 7) is 8.84. The van der Waals surface area contributed by atoms with Crippen molar-refractivity contribution in [2.45, 2.75) is 47.0 Å². The predicted molar refractivity (Wildman–Crippen MR) is 159 cm³/mol. The van der Waals surface area contributed by atoms with Crippen molar-refractivity contribution in [3.05, 3.63) is 104 Å². The van der Waals surface area contributed by atoms with Crippen LogP contribution in [0, 0.1) is 30.9 Å². The molecule has 4 aromatic rings. The molecule has 3 aromatic carbocycles. The number of aromatic hydroxyl groups is 1. The molecule has 4 rings (SSSR count). The van der Waals surface area contributed by atoms with E-state index in [1.165, 1.54) is 37.3 Å². The van der Waals surface area contributed by atoms with Gasteiger partial charge in [0.15, 0.2) is 0 Å². The topological polar surface area (TPSA) is 159 Å². The quantitative estimate of drug-likeness (QED) is 0.121. The Hall–Kier alpha value is -5.32. The van der Waals surface area contributed by atoms with Crippen LogP contribution >= 0.6 is 0 Å². The summed E-state index contributed by atoms with van der Waals surface area (Å²) in [7, 11) is 0. The number of ketones is 1. The number of Topliss-reactive ketones (excluding diaryl/α,β-unsaturated/α-hetero) is 1. The van der Waals surface area contributed by atoms with Crippen molar-refractivity contribution in [1.82, 2.24) is 10.2 Å². The number of hydrazone groups is 1. The number of amides is 2. The zero-order chi connectivity index (χ0) is 30.7. The van der Waals surface area contributed by atoms with Crippen LogP contribution in [-0.2, 0) is 4.79 Å². The highest BCUT2D eigenvalue weighted by molar-refractivity contribution is 6.46. The number of anilines is 1. The highest BCUT2D eigenvalue weighted by Gasteiger charge is 2.30. The second-order valence-electron chi connectivity index (χ2n) is 10.3. The first-order chi connectivity index (χ1) is 19.9. The van der Waals surface area contributed by atoms with E-state index in [2.05, 4.69) is 15.8 Å². The highest BCUT2D eigenvalue weighted by Crippen LogP contribution is 2.24. The van der Waals surface area contributed by atoms with Crippen molar-refractivity contribution in [2.24, 2.45) is 5.10 Å². The van der Waals surface area contributed by atoms with Gasteiger partial charge in [-0.25, -0.2) is 5.43 Å². The van der Waals surface area contributed by atoms with E-state index in [0.29, 0.717) is 14.8 Å². The first-order valence-electron chi connectivity index (χ1n) is 13.3. The van der Waals surface area contributed by atoms with E-state index in [0.717, 1.165) is 16.7 Å². The number of carbonyl (C=O) groups excluding carboxylic acids is 3. The SMILES string of the molecule is Cc1cc2c(cc1C)[n+](=O)c(C(=O)CC(=NNC(=O)c1ccccc1O)C(=O)Nc1ccccc1C(C)C)c(C)n2[O-]. The average molecular weight is 570 g/mol. The van der Waals surface area contributed by atoms with Crippen LogP contribution in [0.3, 0.4) is 0 Å². The Labute approximate surface area is 241 Å². The van der Waals surface area contributed by atoms with Gasteiger partial charge >= 0.3 is 5.69 Å². The molecule has 0 radical (unpaired) electrons. The Balaban J connectivity index is 1.75. The van der Waals surface area contributed by atoms with Crippen molar-refractivity contribution < 1.29 is 23.9 Å². The third kappa shape index (κ3) is 5.90. The van der Waals surface area contributed by atoms with Gasteiger partial charge in [0.05, 0.1) is 22.1 Å². The molecule has 0 saturated carbocycles. The number of nitrogens with one attached hydrogen (secondary N) is 2. The molecule has 11 nitrogen and oxygen atoms in total. The predicted octanol–water partition coefficient (Wildman–Crippen LogP) is 4.65. The van der Waals surface area contributed by atoms with Crippen molar-refractivity contribution in [2.75, 3.05) is 5.32 Å². The van der Waals surface area contributed by atoms with Gasteiger partial charge < -0.3 is 20.4 Å². The van der Waals surface area contributed by atoms with Crippen molar-refractivity contribution >= 4 is 40.0 Å². The number of hydrogen-bond acceptors (Lipinski definition) is 7. The summed E-state index contributed by atoms with van der Waals surface area (Å²) in [5.74, 6) is -2.72. The van der Waals surface area contributed by atoms with Gasteiger partial charge in [0.25, 0.3) is 17.3 Å². The molecule has 2 amide bonds. The minimum Gasteiger partial charge on any atom is -0.805 e. The molecule has 0 saturated heterocycles. The van der Waals surface area contributed by atoms with Crippen molar-refractivity contribution in [1.29, 1.82) is 0 Å². The first-order valence-corrected chi connectivity index (χ1v) is 13.3. The number of phenolic OH excluding ortho intramolecular Hbond substituents is 1. The summed E-state index contributed by atoms with van der Waals surface area (Å²) in [6, 6.07) is 16.0. The molecule has 0 atom stereocenters. The highest BCUT2D eigenvalue weighted by atomic mass is 16.5. The van der Waals surface area contributed by atoms with Crippen LogP contribution in [-0.4, -0.2) is 33.1 Å². The van der Waals surface area contributed by atoms with Crippen molar-refractivity contribution in [3.63, 3.8) is 0 Å². The van der Waals surface area contributed by atoms with Gasteiger partial charge in [0, 0.05) is 16.7 Å². The third-order valence-corrected chi connectivity index (χ3v) is 7.01. The summed E-state index contributed by atoms with van der Waals surface area (Å²) in [5.41, 5.74) is 4.08. The molecular formula is C31H31N5O6. The number of para-hydroxylation sites is 2. The zero-order valence-corrected chi connectivity index (χ0v) is 23.9. The Morgan fingerprint density at radius 3 is 2.33 bits per heavy atom. The lowest BCUT2D eigenvalue weighted by Gasteiger charge is -2.17. The summed E-state index contributed by atoms with van der Waals surface area (Å²) >= 11 is 0. The molecule has 42 heavy (non-hydrogen) atoms. The summed E-state index contributed by atoms with van der Waals surface area (Å²) < 4.78 is 0.900. The molecule has 0 bridgehead atoms. The van der Waals surface area contributed by atoms with Gasteiger partial charge in [-0.3, -0.25) is 14.4 Å². The van der Waals surface area contributed by atoms with Gasteiger partial charge in [0.1, 0.15) is 17.0 Å². The van der Waals surface area contributed by atoms with Crippen LogP contribution in [0.2, 0.25) is 0 Å². The second-order valence-corrected chi connectivity index (χ2v) is 10.3. The van der Waals surface area contributed by atoms with Crippen LogP contribution in [0.15, 0.2) is 65.8 Å². The van der Waals surface area contributed by atoms with Gasteiger partial charge in [-0.15, -0.1) is 0 Å². The lowest BCUT2D eigenvalue weighted by Crippen LogP contribution is -2.34. The molecule has 0 spiro atoms. The minimum absolute atomic E-state index is 0.00343. The summed E-state index contributed by atoms with van der Waals surface area (Å²) in [6.07, 6.45) is -0.712. The van der Waals surface area contributed by atoms with E-state index >= 15 is 0 Å². The second kappa shape index (κ2) is 12.0. The number of carbonyl (C=O) groups is 3. The maximum absolute atomic E-state index is 13.6. The van der Waals surface area contributed by atoms with Crippen LogP contribution in [0.4, 0.5) is 5.69 Å². The molecule has 0 unspecified atom stereocenters. The molecule has 0 fully saturated rings. The van der Waals surface area contributed by atoms with E-state index in [-0.39, 0.29) is 34.0 Å². The number of hydrogen-bond donors (Lipinski definition) is 3. The fourth-order valence-corrected chi connectivity index (χ4v) is 4.53. The van der Waals surface area contributed by atoms with E-state index in [4.69, 9.17) is 0 Å². The van der Waals surface area contributed by atoms with Crippen LogP contribution in [0.1, 0.15) is 69.4 Å². The standard InChI is InChI=1S/C31H31N5O6/c1-17(2)21-10-6-8-12-23(21)32-31(40)24(33-34-30(39)22-11-7-9-13-27(22)37)16-28(38)29-20(5)35(41)25-14-18(3)19(4)15-26(25)36(29)42/h6-15,17,37H,16H2,1-5H3,(H,32,40)(H,34,39). The first kappa shape index (κ1) is 29.7. The summed E-state index contributed by atoms with van der Waals surface area (Å²) in [5, 5.41) is 29.7. The van der Waals surface area contributed by atoms with Crippen molar-refractivity contribution in [3.8, 4) is 5.75 Å². The van der Waals surface area contributed by atoms with E-state index in [9.17, 15) is 29.6 Å². The number of benzene rings is 3. The Morgan fingerprint density at radius 2 is 1.64 bits per heavy atom. The van der Waals surface area contributed by atoms with Crippen LogP contribution in [0.5, 0.6) is 5.75 Å². The number of aromatic nitrogens is 2. The molecular weight excluding hydrogens is 538 g/mol. The molecule has 0 aliphatic heterocycles. The Morgan fingerprint density at radius 1 is 1.00 bits per heavy atom. The lowest BCUT2D eigenvalue weighted by molar-refractivity contribution is -0.468. The number of fused-ring (bicyclic) bond motifs is 1. The normalized spacial score (nSPS) is 11.5. The Bertz CT molecular complexity index is 1820. The maximum Gasteiger partial charge on any atom is 0.325 e. The minimum atomic E-state index is -0.852. The third-order valence-electron chi connectivity index (χ3n) is 7.01. The van der Waals surface area contributed by atoms with Gasteiger partial charge in [-0.1, -0.05) is 44.2 Å². The number of rotatable bonds is 8. The average Bonchev–Trinajstić information content (AvgIpc) is 2.95. The fourth-order valence-electron chi connectivity index (χ4n) is 4.53. The monoisotopic (exact) mass is 569 g/mol. The maximum atomic E-state index is 13.6. The zero-order valence-electron chi connectivity index (χ0n) is 23.9. The van der Waals surface area contributed by atoms with Crippen LogP contribution < -0.4 is 15.2 Å². The molecule has 3 N–H and O–H groups in total. The lowest BCUT2D eigenvalue weighted by atomic mass is 10.0. The Kier molecular flexibility index (Phi) is 8.51. The fraction of sp³-hybridized carbons (Fsp3) is 0.226. The molecule has 1 heterocycles. The molecule has 11 heteroatoms.